The van der Waals surface area contributed by atoms with Crippen molar-refractivity contribution < 1.29 is 9.18 Å². The standard InChI is InChI=1S/C17H12Cl2FN3O/c1-10-21-6-7-23(10)16-5-3-12(9-15(16)20)22-17(24)11-2-4-13(18)14(19)8-11/h2-9H,1H3,(H,22,24). The summed E-state index contributed by atoms with van der Waals surface area (Å²) in [4.78, 5) is 16.3. The molecule has 3 rings (SSSR count). The normalized spacial score (nSPS) is 10.7. The highest BCUT2D eigenvalue weighted by Gasteiger charge is 2.11. The van der Waals surface area contributed by atoms with E-state index in [1.54, 1.807) is 42.1 Å². The molecule has 0 saturated carbocycles. The molecule has 0 radical (unpaired) electrons. The summed E-state index contributed by atoms with van der Waals surface area (Å²) in [5.74, 6) is -0.205. The molecule has 0 saturated heterocycles. The molecule has 1 amide bonds. The van der Waals surface area contributed by atoms with Crippen molar-refractivity contribution in [3.05, 3.63) is 76.0 Å². The summed E-state index contributed by atoms with van der Waals surface area (Å²) >= 11 is 11.7. The molecule has 0 unspecified atom stereocenters. The Bertz CT molecular complexity index is 924. The first-order chi connectivity index (χ1) is 11.5. The van der Waals surface area contributed by atoms with Crippen LogP contribution in [0.1, 0.15) is 16.2 Å². The zero-order valence-corrected chi connectivity index (χ0v) is 14.1. The third-order valence-electron chi connectivity index (χ3n) is 3.47. The van der Waals surface area contributed by atoms with Gasteiger partial charge >= 0.3 is 0 Å². The smallest absolute Gasteiger partial charge is 0.255 e. The van der Waals surface area contributed by atoms with Crippen molar-refractivity contribution in [3.8, 4) is 5.69 Å². The SMILES string of the molecule is Cc1nccn1-c1ccc(NC(=O)c2ccc(Cl)c(Cl)c2)cc1F. The summed E-state index contributed by atoms with van der Waals surface area (Å²) in [6.45, 7) is 1.78. The van der Waals surface area contributed by atoms with E-state index in [9.17, 15) is 9.18 Å². The summed E-state index contributed by atoms with van der Waals surface area (Å²) in [5.41, 5.74) is 1.03. The Morgan fingerprint density at radius 1 is 1.17 bits per heavy atom. The maximum Gasteiger partial charge on any atom is 0.255 e. The van der Waals surface area contributed by atoms with Crippen LogP contribution in [0.15, 0.2) is 48.8 Å². The third-order valence-corrected chi connectivity index (χ3v) is 4.21. The van der Waals surface area contributed by atoms with Crippen molar-refractivity contribution in [2.45, 2.75) is 6.92 Å². The van der Waals surface area contributed by atoms with Crippen molar-refractivity contribution in [2.24, 2.45) is 0 Å². The number of nitrogens with zero attached hydrogens (tertiary/aromatic N) is 2. The second-order valence-electron chi connectivity index (χ2n) is 5.09. The van der Waals surface area contributed by atoms with Gasteiger partial charge in [0, 0.05) is 23.6 Å². The van der Waals surface area contributed by atoms with E-state index in [2.05, 4.69) is 10.3 Å². The Morgan fingerprint density at radius 2 is 1.96 bits per heavy atom. The van der Waals surface area contributed by atoms with Gasteiger partial charge in [-0.2, -0.15) is 0 Å². The van der Waals surface area contributed by atoms with Gasteiger partial charge in [0.2, 0.25) is 0 Å². The van der Waals surface area contributed by atoms with Crippen LogP contribution in [0.25, 0.3) is 5.69 Å². The first-order valence-electron chi connectivity index (χ1n) is 7.02. The molecule has 0 fully saturated rings. The average Bonchev–Trinajstić information content (AvgIpc) is 2.96. The van der Waals surface area contributed by atoms with Crippen LogP contribution in [0.2, 0.25) is 10.0 Å². The van der Waals surface area contributed by atoms with Crippen LogP contribution in [0.3, 0.4) is 0 Å². The molecule has 24 heavy (non-hydrogen) atoms. The van der Waals surface area contributed by atoms with Crippen LogP contribution >= 0.6 is 23.2 Å². The van der Waals surface area contributed by atoms with E-state index in [1.165, 1.54) is 18.2 Å². The number of nitrogens with one attached hydrogen (secondary N) is 1. The largest absolute Gasteiger partial charge is 0.322 e. The lowest BCUT2D eigenvalue weighted by atomic mass is 10.2. The number of rotatable bonds is 3. The van der Waals surface area contributed by atoms with E-state index in [1.807, 2.05) is 0 Å². The zero-order chi connectivity index (χ0) is 17.3. The van der Waals surface area contributed by atoms with Gasteiger partial charge in [-0.15, -0.1) is 0 Å². The van der Waals surface area contributed by atoms with Crippen molar-refractivity contribution in [1.82, 2.24) is 9.55 Å². The monoisotopic (exact) mass is 363 g/mol. The first kappa shape index (κ1) is 16.5. The molecule has 0 spiro atoms. The number of hydrogen-bond acceptors (Lipinski definition) is 2. The van der Waals surface area contributed by atoms with Gasteiger partial charge in [-0.1, -0.05) is 23.2 Å². The van der Waals surface area contributed by atoms with E-state index in [0.29, 0.717) is 27.8 Å². The molecule has 1 N–H and O–H groups in total. The number of amides is 1. The van der Waals surface area contributed by atoms with Crippen LogP contribution in [0, 0.1) is 12.7 Å². The van der Waals surface area contributed by atoms with Crippen molar-refractivity contribution >= 4 is 34.8 Å². The van der Waals surface area contributed by atoms with E-state index >= 15 is 0 Å². The van der Waals surface area contributed by atoms with Crippen molar-refractivity contribution in [1.29, 1.82) is 0 Å². The number of aromatic nitrogens is 2. The quantitative estimate of drug-likeness (QED) is 0.720. The van der Waals surface area contributed by atoms with Gasteiger partial charge in [0.05, 0.1) is 15.7 Å². The maximum absolute atomic E-state index is 14.3. The molecular formula is C17H12Cl2FN3O. The number of benzene rings is 2. The van der Waals surface area contributed by atoms with Crippen LogP contribution in [0.5, 0.6) is 0 Å². The number of aryl methyl sites for hydroxylation is 1. The topological polar surface area (TPSA) is 46.9 Å². The van der Waals surface area contributed by atoms with Crippen LogP contribution in [-0.4, -0.2) is 15.5 Å². The summed E-state index contributed by atoms with van der Waals surface area (Å²) in [6.07, 6.45) is 3.26. The number of anilines is 1. The second kappa shape index (κ2) is 6.63. The van der Waals surface area contributed by atoms with Gasteiger partial charge < -0.3 is 9.88 Å². The molecule has 3 aromatic rings. The molecule has 0 aliphatic rings. The molecule has 2 aromatic carbocycles. The summed E-state index contributed by atoms with van der Waals surface area (Å²) in [7, 11) is 0. The van der Waals surface area contributed by atoms with Gasteiger partial charge in [-0.3, -0.25) is 4.79 Å². The lowest BCUT2D eigenvalue weighted by Crippen LogP contribution is -2.12. The number of imidazole rings is 1. The highest BCUT2D eigenvalue weighted by molar-refractivity contribution is 6.42. The summed E-state index contributed by atoms with van der Waals surface area (Å²) in [5, 5.41) is 3.27. The molecule has 0 bridgehead atoms. The molecule has 0 aliphatic heterocycles. The van der Waals surface area contributed by atoms with Crippen molar-refractivity contribution in [2.75, 3.05) is 5.32 Å². The summed E-state index contributed by atoms with van der Waals surface area (Å²) in [6, 6.07) is 8.98. The Labute approximate surface area is 147 Å². The molecule has 1 aromatic heterocycles. The lowest BCUT2D eigenvalue weighted by molar-refractivity contribution is 0.102. The Kier molecular flexibility index (Phi) is 4.55. The van der Waals surface area contributed by atoms with E-state index < -0.39 is 11.7 Å². The van der Waals surface area contributed by atoms with E-state index in [-0.39, 0.29) is 5.02 Å². The Hall–Kier alpha value is -2.37. The van der Waals surface area contributed by atoms with Crippen LogP contribution < -0.4 is 5.32 Å². The fraction of sp³-hybridized carbons (Fsp3) is 0.0588. The van der Waals surface area contributed by atoms with Crippen LogP contribution in [-0.2, 0) is 0 Å². The molecule has 122 valence electrons. The van der Waals surface area contributed by atoms with Crippen molar-refractivity contribution in [3.63, 3.8) is 0 Å². The van der Waals surface area contributed by atoms with Gasteiger partial charge in [0.25, 0.3) is 5.91 Å². The predicted octanol–water partition coefficient (Wildman–Crippen LogP) is 4.88. The first-order valence-corrected chi connectivity index (χ1v) is 7.77. The minimum atomic E-state index is -0.469. The number of carbonyl (C=O) groups is 1. The fourth-order valence-corrected chi connectivity index (χ4v) is 2.55. The zero-order valence-electron chi connectivity index (χ0n) is 12.6. The number of carbonyl (C=O) groups excluding carboxylic acids is 1. The van der Waals surface area contributed by atoms with Gasteiger partial charge in [0.1, 0.15) is 11.6 Å². The molecular weight excluding hydrogens is 352 g/mol. The molecule has 1 heterocycles. The lowest BCUT2D eigenvalue weighted by Gasteiger charge is -2.10. The van der Waals surface area contributed by atoms with Gasteiger partial charge in [-0.05, 0) is 43.3 Å². The second-order valence-corrected chi connectivity index (χ2v) is 5.91. The van der Waals surface area contributed by atoms with Gasteiger partial charge in [-0.25, -0.2) is 9.37 Å². The minimum Gasteiger partial charge on any atom is -0.322 e. The highest BCUT2D eigenvalue weighted by atomic mass is 35.5. The molecule has 4 nitrogen and oxygen atoms in total. The predicted molar refractivity (Wildman–Crippen MR) is 92.7 cm³/mol. The average molecular weight is 364 g/mol. The fourth-order valence-electron chi connectivity index (χ4n) is 2.25. The number of hydrogen-bond donors (Lipinski definition) is 1. The number of halogens is 3. The van der Waals surface area contributed by atoms with E-state index in [4.69, 9.17) is 23.2 Å². The molecule has 0 atom stereocenters. The van der Waals surface area contributed by atoms with E-state index in [0.717, 1.165) is 0 Å². The van der Waals surface area contributed by atoms with Crippen LogP contribution in [0.4, 0.5) is 10.1 Å². The Morgan fingerprint density at radius 3 is 2.58 bits per heavy atom. The maximum atomic E-state index is 14.3. The van der Waals surface area contributed by atoms with Gasteiger partial charge in [0.15, 0.2) is 0 Å². The third kappa shape index (κ3) is 3.27. The Balaban J connectivity index is 1.83. The molecule has 7 heteroatoms. The minimum absolute atomic E-state index is 0.279. The highest BCUT2D eigenvalue weighted by Crippen LogP contribution is 2.24. The molecule has 0 aliphatic carbocycles. The summed E-state index contributed by atoms with van der Waals surface area (Å²) < 4.78 is 15.9.